The number of amides is 2. The molecule has 3 aromatic carbocycles. The van der Waals surface area contributed by atoms with E-state index in [4.69, 9.17) is 0 Å². The molecule has 0 N–H and O–H groups in total. The smallest absolute Gasteiger partial charge is 0.237 e. The molecule has 1 aliphatic heterocycles. The molecular formula is C43H51N9O3S2. The predicted octanol–water partition coefficient (Wildman–Crippen LogP) is 9.41. The van der Waals surface area contributed by atoms with E-state index in [2.05, 4.69) is 38.0 Å². The zero-order valence-corrected chi connectivity index (χ0v) is 34.3. The average Bonchev–Trinajstić information content (AvgIpc) is 4.01. The summed E-state index contributed by atoms with van der Waals surface area (Å²) in [6.45, 7) is 2.26. The molecule has 12 nitrogen and oxygen atoms in total. The van der Waals surface area contributed by atoms with E-state index in [1.54, 1.807) is 21.5 Å². The van der Waals surface area contributed by atoms with Crippen molar-refractivity contribution < 1.29 is 14.4 Å². The minimum Gasteiger partial charge on any atom is -0.292 e. The van der Waals surface area contributed by atoms with Crippen LogP contribution in [-0.4, -0.2) is 62.1 Å². The van der Waals surface area contributed by atoms with Crippen molar-refractivity contribution in [3.63, 3.8) is 0 Å². The van der Waals surface area contributed by atoms with Crippen LogP contribution in [0.3, 0.4) is 0 Å². The molecule has 0 saturated carbocycles. The molecule has 2 aliphatic rings. The number of carbonyl (C=O) groups is 3. The summed E-state index contributed by atoms with van der Waals surface area (Å²) in [6.07, 6.45) is 19.0. The molecule has 1 unspecified atom stereocenters. The van der Waals surface area contributed by atoms with Gasteiger partial charge in [-0.05, 0) is 69.2 Å². The molecule has 1 fully saturated rings. The van der Waals surface area contributed by atoms with Crippen molar-refractivity contribution in [3.05, 3.63) is 90.0 Å². The van der Waals surface area contributed by atoms with Gasteiger partial charge in [-0.25, -0.2) is 0 Å². The number of carbonyl (C=O) groups excluding carboxylic acids is 3. The lowest BCUT2D eigenvalue weighted by molar-refractivity contribution is -0.122. The number of nitrogens with zero attached hydrogens (tertiary/aromatic N) is 9. The third-order valence-corrected chi connectivity index (χ3v) is 13.6. The van der Waals surface area contributed by atoms with Gasteiger partial charge in [-0.3, -0.25) is 19.3 Å². The highest BCUT2D eigenvalue weighted by molar-refractivity contribution is 8.19. The number of ketones is 1. The SMILES string of the molecule is CCCCCCCCCCCCCCCCC1CC(=O)N(c2ccc3c(c2)C(=O)C(Sc2nnnn2-c2ccccc2)(Sc2nnnn2-c2ccccc2)C3)C1=O. The highest BCUT2D eigenvalue weighted by atomic mass is 32.2. The minimum absolute atomic E-state index is 0.181. The summed E-state index contributed by atoms with van der Waals surface area (Å²) in [5.41, 5.74) is 3.16. The van der Waals surface area contributed by atoms with Gasteiger partial charge in [-0.1, -0.05) is 163 Å². The maximum Gasteiger partial charge on any atom is 0.237 e. The second kappa shape index (κ2) is 19.6. The lowest BCUT2D eigenvalue weighted by atomic mass is 9.98. The van der Waals surface area contributed by atoms with Gasteiger partial charge in [0, 0.05) is 24.3 Å². The summed E-state index contributed by atoms with van der Waals surface area (Å²) in [5, 5.41) is 25.9. The van der Waals surface area contributed by atoms with Crippen LogP contribution in [0.2, 0.25) is 0 Å². The van der Waals surface area contributed by atoms with Crippen LogP contribution in [0.4, 0.5) is 5.69 Å². The number of hydrogen-bond donors (Lipinski definition) is 0. The zero-order chi connectivity index (χ0) is 39.5. The molecule has 2 aromatic heterocycles. The van der Waals surface area contributed by atoms with Crippen molar-refractivity contribution in [2.45, 2.75) is 130 Å². The van der Waals surface area contributed by atoms with Crippen molar-refractivity contribution in [2.75, 3.05) is 4.90 Å². The lowest BCUT2D eigenvalue weighted by Gasteiger charge is -2.24. The molecule has 14 heteroatoms. The molecule has 5 aromatic rings. The van der Waals surface area contributed by atoms with Gasteiger partial charge >= 0.3 is 0 Å². The molecule has 3 heterocycles. The average molecular weight is 806 g/mol. The van der Waals surface area contributed by atoms with Gasteiger partial charge in [0.1, 0.15) is 4.08 Å². The normalized spacial score (nSPS) is 16.2. The van der Waals surface area contributed by atoms with E-state index in [9.17, 15) is 14.4 Å². The van der Waals surface area contributed by atoms with Crippen LogP contribution < -0.4 is 4.90 Å². The Morgan fingerprint density at radius 3 is 1.67 bits per heavy atom. The van der Waals surface area contributed by atoms with Crippen LogP contribution in [0, 0.1) is 5.92 Å². The standard InChI is InChI=1S/C43H51N9O3S2/c1-2-3-4-5-6-7-8-9-10-11-12-13-14-17-22-32-29-38(53)50(40(32)55)36-28-27-33-31-43(39(54)37(33)30-36,56-41-44-46-48-51(41)34-23-18-15-19-24-34)57-42-45-47-49-52(42)35-25-20-16-21-26-35/h15-16,18-21,23-28,30,32H,2-14,17,22,29,31H2,1H3. The van der Waals surface area contributed by atoms with Gasteiger partial charge in [-0.15, -0.1) is 10.2 Å². The van der Waals surface area contributed by atoms with Gasteiger partial charge < -0.3 is 0 Å². The Balaban J connectivity index is 0.999. The van der Waals surface area contributed by atoms with Crippen LogP contribution in [0.5, 0.6) is 0 Å². The predicted molar refractivity (Wildman–Crippen MR) is 223 cm³/mol. The Labute approximate surface area is 342 Å². The van der Waals surface area contributed by atoms with E-state index in [1.165, 1.54) is 99.1 Å². The highest BCUT2D eigenvalue weighted by Crippen LogP contribution is 2.53. The van der Waals surface area contributed by atoms with Crippen LogP contribution in [0.15, 0.2) is 89.2 Å². The summed E-state index contributed by atoms with van der Waals surface area (Å²) in [7, 11) is 0. The Kier molecular flexibility index (Phi) is 14.0. The molecule has 298 valence electrons. The van der Waals surface area contributed by atoms with Crippen LogP contribution in [0.25, 0.3) is 11.4 Å². The number of unbranched alkanes of at least 4 members (excludes halogenated alkanes) is 13. The number of Topliss-reactive ketones (excluding diaryl/α,β-unsaturated/α-hetero) is 1. The first kappa shape index (κ1) is 40.5. The largest absolute Gasteiger partial charge is 0.292 e. The van der Waals surface area contributed by atoms with Gasteiger partial charge in [-0.2, -0.15) is 9.36 Å². The van der Waals surface area contributed by atoms with Crippen molar-refractivity contribution in [3.8, 4) is 11.4 Å². The lowest BCUT2D eigenvalue weighted by Crippen LogP contribution is -2.31. The number of anilines is 1. The van der Waals surface area contributed by atoms with Crippen molar-refractivity contribution in [2.24, 2.45) is 5.92 Å². The molecule has 0 bridgehead atoms. The van der Waals surface area contributed by atoms with Crippen molar-refractivity contribution in [1.82, 2.24) is 40.4 Å². The summed E-state index contributed by atoms with van der Waals surface area (Å²) in [4.78, 5) is 43.2. The Morgan fingerprint density at radius 2 is 1.14 bits per heavy atom. The van der Waals surface area contributed by atoms with E-state index in [0.717, 1.165) is 36.2 Å². The third kappa shape index (κ3) is 9.72. The second-order valence-corrected chi connectivity index (χ2v) is 17.9. The molecule has 7 rings (SSSR count). The first-order chi connectivity index (χ1) is 28.0. The molecule has 1 aliphatic carbocycles. The zero-order valence-electron chi connectivity index (χ0n) is 32.7. The number of imide groups is 1. The summed E-state index contributed by atoms with van der Waals surface area (Å²) in [6, 6.07) is 24.3. The minimum atomic E-state index is -1.21. The maximum absolute atomic E-state index is 14.8. The molecule has 57 heavy (non-hydrogen) atoms. The van der Waals surface area contributed by atoms with E-state index < -0.39 is 4.08 Å². The van der Waals surface area contributed by atoms with Crippen molar-refractivity contribution >= 4 is 46.8 Å². The summed E-state index contributed by atoms with van der Waals surface area (Å²) >= 11 is 2.48. The molecule has 2 amide bonds. The first-order valence-electron chi connectivity index (χ1n) is 20.6. The Morgan fingerprint density at radius 1 is 0.632 bits per heavy atom. The number of hydrogen-bond acceptors (Lipinski definition) is 11. The Hall–Kier alpha value is -4.69. The van der Waals surface area contributed by atoms with Gasteiger partial charge in [0.2, 0.25) is 22.1 Å². The summed E-state index contributed by atoms with van der Waals surface area (Å²) < 4.78 is 2.00. The fraction of sp³-hybridized carbons (Fsp3) is 0.465. The number of rotatable bonds is 22. The monoisotopic (exact) mass is 805 g/mol. The van der Waals surface area contributed by atoms with Crippen LogP contribution in [0.1, 0.15) is 126 Å². The van der Waals surface area contributed by atoms with Crippen LogP contribution >= 0.6 is 23.5 Å². The van der Waals surface area contributed by atoms with Crippen molar-refractivity contribution in [1.29, 1.82) is 0 Å². The Bertz CT molecular complexity index is 2030. The number of tetrazole rings is 2. The fourth-order valence-electron chi connectivity index (χ4n) is 7.81. The summed E-state index contributed by atoms with van der Waals surface area (Å²) in [5.74, 6) is -0.936. The third-order valence-electron chi connectivity index (χ3n) is 10.9. The number of para-hydroxylation sites is 2. The number of benzene rings is 3. The van der Waals surface area contributed by atoms with Gasteiger partial charge in [0.25, 0.3) is 0 Å². The first-order valence-corrected chi connectivity index (χ1v) is 22.2. The van der Waals surface area contributed by atoms with E-state index in [1.807, 2.05) is 66.7 Å². The fourth-order valence-corrected chi connectivity index (χ4v) is 10.5. The quantitative estimate of drug-likeness (QED) is 0.0375. The van der Waals surface area contributed by atoms with Crippen LogP contribution in [-0.2, 0) is 16.0 Å². The molecule has 0 spiro atoms. The molecule has 1 atom stereocenters. The molecular weight excluding hydrogens is 755 g/mol. The number of fused-ring (bicyclic) bond motifs is 1. The second-order valence-electron chi connectivity index (χ2n) is 15.1. The highest BCUT2D eigenvalue weighted by Gasteiger charge is 2.51. The topological polar surface area (TPSA) is 142 Å². The van der Waals surface area contributed by atoms with Gasteiger partial charge in [0.05, 0.1) is 17.1 Å². The molecule has 1 saturated heterocycles. The van der Waals surface area contributed by atoms with E-state index >= 15 is 0 Å². The maximum atomic E-state index is 14.8. The number of aromatic nitrogens is 8. The van der Waals surface area contributed by atoms with E-state index in [0.29, 0.717) is 34.4 Å². The van der Waals surface area contributed by atoms with E-state index in [-0.39, 0.29) is 29.9 Å². The number of thioether (sulfide) groups is 2. The molecule has 0 radical (unpaired) electrons. The van der Waals surface area contributed by atoms with Gasteiger partial charge in [0.15, 0.2) is 5.78 Å².